The lowest BCUT2D eigenvalue weighted by atomic mass is 10.2. The van der Waals surface area contributed by atoms with Crippen LogP contribution in [-0.4, -0.2) is 38.0 Å². The number of hydrogen-bond acceptors (Lipinski definition) is 3. The fraction of sp³-hybridized carbons (Fsp3) is 0.562. The number of halogens is 1. The van der Waals surface area contributed by atoms with Crippen molar-refractivity contribution in [2.45, 2.75) is 39.2 Å². The van der Waals surface area contributed by atoms with Crippen LogP contribution in [0.2, 0.25) is 0 Å². The van der Waals surface area contributed by atoms with Gasteiger partial charge >= 0.3 is 0 Å². The molecule has 0 fully saturated rings. The third kappa shape index (κ3) is 8.08. The van der Waals surface area contributed by atoms with E-state index >= 15 is 0 Å². The molecule has 0 atom stereocenters. The first-order valence-electron chi connectivity index (χ1n) is 7.79. The molecule has 0 aliphatic carbocycles. The average Bonchev–Trinajstić information content (AvgIpc) is 2.48. The lowest BCUT2D eigenvalue weighted by Gasteiger charge is -2.19. The van der Waals surface area contributed by atoms with Gasteiger partial charge in [-0.1, -0.05) is 31.9 Å². The van der Waals surface area contributed by atoms with Crippen molar-refractivity contribution in [1.29, 1.82) is 0 Å². The van der Waals surface area contributed by atoms with Crippen LogP contribution < -0.4 is 5.32 Å². The van der Waals surface area contributed by atoms with Crippen LogP contribution in [0.15, 0.2) is 24.3 Å². The highest BCUT2D eigenvalue weighted by atomic mass is 32.2. The number of benzene rings is 1. The highest BCUT2D eigenvalue weighted by molar-refractivity contribution is 7.88. The second kappa shape index (κ2) is 9.62. The molecule has 0 saturated carbocycles. The van der Waals surface area contributed by atoms with E-state index in [1.807, 2.05) is 0 Å². The number of sulfonamides is 1. The van der Waals surface area contributed by atoms with Crippen molar-refractivity contribution in [3.8, 4) is 0 Å². The summed E-state index contributed by atoms with van der Waals surface area (Å²) in [5, 5.41) is 2.79. The summed E-state index contributed by atoms with van der Waals surface area (Å²) in [6.45, 7) is 2.93. The normalized spacial score (nSPS) is 11.7. The average molecular weight is 344 g/mol. The Morgan fingerprint density at radius 3 is 2.43 bits per heavy atom. The van der Waals surface area contributed by atoms with Crippen LogP contribution in [0.25, 0.3) is 0 Å². The first-order chi connectivity index (χ1) is 10.8. The maximum absolute atomic E-state index is 12.9. The van der Waals surface area contributed by atoms with Gasteiger partial charge in [-0.3, -0.25) is 4.79 Å². The van der Waals surface area contributed by atoms with Crippen molar-refractivity contribution >= 4 is 15.9 Å². The van der Waals surface area contributed by atoms with E-state index in [4.69, 9.17) is 0 Å². The lowest BCUT2D eigenvalue weighted by Crippen LogP contribution is -2.34. The Morgan fingerprint density at radius 2 is 1.87 bits per heavy atom. The Kier molecular flexibility index (Phi) is 8.19. The molecule has 1 rings (SSSR count). The van der Waals surface area contributed by atoms with Crippen molar-refractivity contribution in [1.82, 2.24) is 9.62 Å². The van der Waals surface area contributed by atoms with Gasteiger partial charge in [-0.25, -0.2) is 12.8 Å². The van der Waals surface area contributed by atoms with Gasteiger partial charge in [0.15, 0.2) is 0 Å². The van der Waals surface area contributed by atoms with Gasteiger partial charge in [0.1, 0.15) is 5.82 Å². The number of rotatable bonds is 10. The zero-order valence-corrected chi connectivity index (χ0v) is 14.5. The van der Waals surface area contributed by atoms with Crippen LogP contribution in [-0.2, 0) is 21.4 Å². The minimum atomic E-state index is -3.44. The highest BCUT2D eigenvalue weighted by Crippen LogP contribution is 2.10. The minimum Gasteiger partial charge on any atom is -0.356 e. The fourth-order valence-electron chi connectivity index (χ4n) is 2.07. The number of hydrogen-bond donors (Lipinski definition) is 1. The standard InChI is InChI=1S/C16H25FN2O3S/c1-3-4-5-11-18-16(20)10-12-19(23(2,21)22)13-14-6-8-15(17)9-7-14/h6-9H,3-5,10-13H2,1-2H3,(H,18,20). The maximum Gasteiger partial charge on any atom is 0.221 e. The number of carbonyl (C=O) groups excluding carboxylic acids is 1. The summed E-state index contributed by atoms with van der Waals surface area (Å²) in [5.74, 6) is -0.528. The van der Waals surface area contributed by atoms with Gasteiger partial charge in [0, 0.05) is 26.1 Å². The van der Waals surface area contributed by atoms with E-state index in [0.29, 0.717) is 12.1 Å². The predicted molar refractivity (Wildman–Crippen MR) is 88.8 cm³/mol. The molecular formula is C16H25FN2O3S. The first-order valence-corrected chi connectivity index (χ1v) is 9.64. The molecule has 5 nitrogen and oxygen atoms in total. The van der Waals surface area contributed by atoms with E-state index in [0.717, 1.165) is 25.5 Å². The van der Waals surface area contributed by atoms with Crippen molar-refractivity contribution < 1.29 is 17.6 Å². The van der Waals surface area contributed by atoms with Crippen molar-refractivity contribution in [2.75, 3.05) is 19.3 Å². The number of amides is 1. The lowest BCUT2D eigenvalue weighted by molar-refractivity contribution is -0.121. The second-order valence-electron chi connectivity index (χ2n) is 5.53. The van der Waals surface area contributed by atoms with Gasteiger partial charge in [0.2, 0.25) is 15.9 Å². The molecule has 0 radical (unpaired) electrons. The molecule has 1 amide bonds. The summed E-state index contributed by atoms with van der Waals surface area (Å²) in [7, 11) is -3.44. The number of nitrogens with zero attached hydrogens (tertiary/aromatic N) is 1. The summed E-state index contributed by atoms with van der Waals surface area (Å²) < 4.78 is 37.8. The zero-order valence-electron chi connectivity index (χ0n) is 13.7. The zero-order chi connectivity index (χ0) is 17.3. The van der Waals surface area contributed by atoms with E-state index in [1.54, 1.807) is 12.1 Å². The summed E-state index contributed by atoms with van der Waals surface area (Å²) in [6.07, 6.45) is 4.28. The van der Waals surface area contributed by atoms with E-state index < -0.39 is 10.0 Å². The highest BCUT2D eigenvalue weighted by Gasteiger charge is 2.18. The fourth-order valence-corrected chi connectivity index (χ4v) is 2.88. The van der Waals surface area contributed by atoms with Gasteiger partial charge < -0.3 is 5.32 Å². The van der Waals surface area contributed by atoms with Gasteiger partial charge in [-0.15, -0.1) is 0 Å². The molecule has 0 aromatic heterocycles. The van der Waals surface area contributed by atoms with Crippen LogP contribution in [0.3, 0.4) is 0 Å². The largest absolute Gasteiger partial charge is 0.356 e. The molecule has 7 heteroatoms. The molecule has 23 heavy (non-hydrogen) atoms. The molecule has 0 unspecified atom stereocenters. The molecule has 0 aliphatic rings. The number of unbranched alkanes of at least 4 members (excludes halogenated alkanes) is 2. The Hall–Kier alpha value is -1.47. The van der Waals surface area contributed by atoms with Gasteiger partial charge in [-0.2, -0.15) is 4.31 Å². The van der Waals surface area contributed by atoms with Crippen LogP contribution in [0.1, 0.15) is 38.2 Å². The number of carbonyl (C=O) groups is 1. The molecule has 0 saturated heterocycles. The SMILES string of the molecule is CCCCCNC(=O)CCN(Cc1ccc(F)cc1)S(C)(=O)=O. The van der Waals surface area contributed by atoms with Crippen molar-refractivity contribution in [3.63, 3.8) is 0 Å². The Morgan fingerprint density at radius 1 is 1.22 bits per heavy atom. The molecule has 1 N–H and O–H groups in total. The van der Waals surface area contributed by atoms with E-state index in [9.17, 15) is 17.6 Å². The molecule has 0 bridgehead atoms. The van der Waals surface area contributed by atoms with Crippen molar-refractivity contribution in [3.05, 3.63) is 35.6 Å². The van der Waals surface area contributed by atoms with E-state index in [-0.39, 0.29) is 31.2 Å². The molecule has 0 heterocycles. The van der Waals surface area contributed by atoms with Crippen LogP contribution >= 0.6 is 0 Å². The Bertz CT molecular complexity index is 588. The first kappa shape index (κ1) is 19.6. The van der Waals surface area contributed by atoms with E-state index in [2.05, 4.69) is 12.2 Å². The van der Waals surface area contributed by atoms with Crippen molar-refractivity contribution in [2.24, 2.45) is 0 Å². The van der Waals surface area contributed by atoms with Crippen LogP contribution in [0, 0.1) is 5.82 Å². The Balaban J connectivity index is 2.52. The molecule has 1 aromatic rings. The van der Waals surface area contributed by atoms with Gasteiger partial charge in [-0.05, 0) is 24.1 Å². The van der Waals surface area contributed by atoms with E-state index in [1.165, 1.54) is 16.4 Å². The summed E-state index contributed by atoms with van der Waals surface area (Å²) >= 11 is 0. The number of nitrogens with one attached hydrogen (secondary N) is 1. The quantitative estimate of drug-likeness (QED) is 0.662. The molecule has 0 aliphatic heterocycles. The topological polar surface area (TPSA) is 66.5 Å². The van der Waals surface area contributed by atoms with Gasteiger partial charge in [0.25, 0.3) is 0 Å². The van der Waals surface area contributed by atoms with Crippen LogP contribution in [0.5, 0.6) is 0 Å². The van der Waals surface area contributed by atoms with Crippen LogP contribution in [0.4, 0.5) is 4.39 Å². The second-order valence-corrected chi connectivity index (χ2v) is 7.51. The third-order valence-corrected chi connectivity index (χ3v) is 4.68. The smallest absolute Gasteiger partial charge is 0.221 e. The monoisotopic (exact) mass is 344 g/mol. The molecular weight excluding hydrogens is 319 g/mol. The third-order valence-electron chi connectivity index (χ3n) is 3.43. The summed E-state index contributed by atoms with van der Waals surface area (Å²) in [4.78, 5) is 11.8. The van der Waals surface area contributed by atoms with Gasteiger partial charge in [0.05, 0.1) is 6.26 Å². The summed E-state index contributed by atoms with van der Waals surface area (Å²) in [5.41, 5.74) is 0.681. The Labute approximate surface area is 137 Å². The molecule has 130 valence electrons. The molecule has 1 aromatic carbocycles. The molecule has 0 spiro atoms. The summed E-state index contributed by atoms with van der Waals surface area (Å²) in [6, 6.07) is 5.66. The minimum absolute atomic E-state index is 0.107. The maximum atomic E-state index is 12.9. The predicted octanol–water partition coefficient (Wildman–Crippen LogP) is 2.28.